The lowest BCUT2D eigenvalue weighted by molar-refractivity contribution is -0.133. The van der Waals surface area contributed by atoms with Gasteiger partial charge in [-0.3, -0.25) is 4.79 Å². The molecule has 4 nitrogen and oxygen atoms in total. The molecule has 2 aliphatic heterocycles. The summed E-state index contributed by atoms with van der Waals surface area (Å²) in [5, 5.41) is 2.87. The second-order valence-electron chi connectivity index (χ2n) is 5.41. The predicted octanol–water partition coefficient (Wildman–Crippen LogP) is 0.233. The van der Waals surface area contributed by atoms with E-state index < -0.39 is 0 Å². The molecule has 3 rings (SSSR count). The number of hydrogen-bond donors (Lipinski definition) is 1. The van der Waals surface area contributed by atoms with Crippen LogP contribution in [-0.2, 0) is 9.53 Å². The largest absolute Gasteiger partial charge is 0.365 e. The standard InChI is InChI=1S/C12H20N2O2/c15-12-8-16-11(4-13-12)7-14-5-9-2-1-3-10(9)6-14/h9-11H,1-8H2,(H,13,15). The SMILES string of the molecule is O=C1COC(CN2CC3CCCC3C2)CN1. The lowest BCUT2D eigenvalue weighted by Gasteiger charge is -2.27. The Labute approximate surface area is 96.3 Å². The molecule has 1 N–H and O–H groups in total. The fourth-order valence-corrected chi connectivity index (χ4v) is 3.42. The van der Waals surface area contributed by atoms with Gasteiger partial charge in [0.25, 0.3) is 0 Å². The van der Waals surface area contributed by atoms with Gasteiger partial charge >= 0.3 is 0 Å². The van der Waals surface area contributed by atoms with Gasteiger partial charge in [0.1, 0.15) is 6.61 Å². The molecule has 0 bridgehead atoms. The summed E-state index contributed by atoms with van der Waals surface area (Å²) in [6, 6.07) is 0. The van der Waals surface area contributed by atoms with Crippen LogP contribution in [0.5, 0.6) is 0 Å². The molecule has 1 saturated carbocycles. The molecule has 2 heterocycles. The Bertz CT molecular complexity index is 260. The third-order valence-corrected chi connectivity index (χ3v) is 4.24. The Morgan fingerprint density at radius 3 is 2.69 bits per heavy atom. The fraction of sp³-hybridized carbons (Fsp3) is 0.917. The van der Waals surface area contributed by atoms with Crippen LogP contribution in [0.2, 0.25) is 0 Å². The van der Waals surface area contributed by atoms with Gasteiger partial charge in [-0.15, -0.1) is 0 Å². The first-order chi connectivity index (χ1) is 7.81. The van der Waals surface area contributed by atoms with Crippen molar-refractivity contribution in [3.05, 3.63) is 0 Å². The minimum Gasteiger partial charge on any atom is -0.365 e. The lowest BCUT2D eigenvalue weighted by Crippen LogP contribution is -2.47. The smallest absolute Gasteiger partial charge is 0.246 e. The van der Waals surface area contributed by atoms with E-state index in [-0.39, 0.29) is 18.6 Å². The van der Waals surface area contributed by atoms with E-state index in [0.717, 1.165) is 18.4 Å². The zero-order chi connectivity index (χ0) is 11.0. The summed E-state index contributed by atoms with van der Waals surface area (Å²) < 4.78 is 5.52. The van der Waals surface area contributed by atoms with Crippen LogP contribution in [0.15, 0.2) is 0 Å². The average molecular weight is 224 g/mol. The van der Waals surface area contributed by atoms with Gasteiger partial charge < -0.3 is 15.0 Å². The quantitative estimate of drug-likeness (QED) is 0.730. The van der Waals surface area contributed by atoms with Crippen LogP contribution in [0.1, 0.15) is 19.3 Å². The van der Waals surface area contributed by atoms with Crippen LogP contribution < -0.4 is 5.32 Å². The number of morpholine rings is 1. The molecule has 3 unspecified atom stereocenters. The van der Waals surface area contributed by atoms with Crippen LogP contribution in [0, 0.1) is 11.8 Å². The van der Waals surface area contributed by atoms with Gasteiger partial charge in [0.15, 0.2) is 0 Å². The molecule has 90 valence electrons. The molecule has 0 aromatic heterocycles. The molecule has 3 aliphatic rings. The zero-order valence-electron chi connectivity index (χ0n) is 9.65. The normalized spacial score (nSPS) is 39.8. The number of carbonyl (C=O) groups is 1. The van der Waals surface area contributed by atoms with Crippen molar-refractivity contribution in [3.8, 4) is 0 Å². The molecule has 16 heavy (non-hydrogen) atoms. The number of fused-ring (bicyclic) bond motifs is 1. The van der Waals surface area contributed by atoms with Crippen molar-refractivity contribution in [1.29, 1.82) is 0 Å². The Morgan fingerprint density at radius 1 is 1.31 bits per heavy atom. The maximum Gasteiger partial charge on any atom is 0.246 e. The van der Waals surface area contributed by atoms with Gasteiger partial charge in [0, 0.05) is 26.2 Å². The summed E-state index contributed by atoms with van der Waals surface area (Å²) in [7, 11) is 0. The highest BCUT2D eigenvalue weighted by Crippen LogP contribution is 2.37. The van der Waals surface area contributed by atoms with E-state index in [0.29, 0.717) is 6.54 Å². The average Bonchev–Trinajstić information content (AvgIpc) is 2.81. The van der Waals surface area contributed by atoms with Crippen LogP contribution in [-0.4, -0.2) is 49.7 Å². The van der Waals surface area contributed by atoms with Crippen molar-refractivity contribution < 1.29 is 9.53 Å². The van der Waals surface area contributed by atoms with Crippen LogP contribution in [0.25, 0.3) is 0 Å². The maximum absolute atomic E-state index is 11.0. The summed E-state index contributed by atoms with van der Waals surface area (Å²) in [5.74, 6) is 1.91. The van der Waals surface area contributed by atoms with E-state index in [1.54, 1.807) is 0 Å². The van der Waals surface area contributed by atoms with Gasteiger partial charge in [-0.2, -0.15) is 0 Å². The van der Waals surface area contributed by atoms with Gasteiger partial charge in [-0.25, -0.2) is 0 Å². The first kappa shape index (κ1) is 10.5. The second kappa shape index (κ2) is 4.34. The molecule has 1 amide bonds. The topological polar surface area (TPSA) is 41.6 Å². The summed E-state index contributed by atoms with van der Waals surface area (Å²) in [6.07, 6.45) is 4.47. The Hall–Kier alpha value is -0.610. The van der Waals surface area contributed by atoms with E-state index in [1.165, 1.54) is 32.4 Å². The van der Waals surface area contributed by atoms with Crippen molar-refractivity contribution in [2.45, 2.75) is 25.4 Å². The van der Waals surface area contributed by atoms with Crippen LogP contribution in [0.4, 0.5) is 0 Å². The molecule has 1 aliphatic carbocycles. The van der Waals surface area contributed by atoms with Crippen LogP contribution >= 0.6 is 0 Å². The molecule has 3 atom stereocenters. The molecule has 3 fully saturated rings. The minimum absolute atomic E-state index is 0.0227. The van der Waals surface area contributed by atoms with Gasteiger partial charge in [-0.05, 0) is 24.7 Å². The first-order valence-electron chi connectivity index (χ1n) is 6.42. The highest BCUT2D eigenvalue weighted by molar-refractivity contribution is 5.77. The number of carbonyl (C=O) groups excluding carboxylic acids is 1. The maximum atomic E-state index is 11.0. The summed E-state index contributed by atoms with van der Waals surface area (Å²) in [6.45, 7) is 4.42. The minimum atomic E-state index is 0.0227. The van der Waals surface area contributed by atoms with Crippen molar-refractivity contribution in [1.82, 2.24) is 10.2 Å². The van der Waals surface area contributed by atoms with Gasteiger partial charge in [0.2, 0.25) is 5.91 Å². The van der Waals surface area contributed by atoms with E-state index in [4.69, 9.17) is 4.74 Å². The molecular weight excluding hydrogens is 204 g/mol. The molecule has 0 aromatic rings. The Kier molecular flexibility index (Phi) is 2.86. The zero-order valence-corrected chi connectivity index (χ0v) is 9.65. The van der Waals surface area contributed by atoms with Gasteiger partial charge in [0.05, 0.1) is 6.10 Å². The van der Waals surface area contributed by atoms with Crippen molar-refractivity contribution in [3.63, 3.8) is 0 Å². The van der Waals surface area contributed by atoms with Crippen molar-refractivity contribution in [2.24, 2.45) is 11.8 Å². The highest BCUT2D eigenvalue weighted by Gasteiger charge is 2.36. The monoisotopic (exact) mass is 224 g/mol. The summed E-state index contributed by atoms with van der Waals surface area (Å²) in [4.78, 5) is 13.5. The molecule has 4 heteroatoms. The molecule has 2 saturated heterocycles. The molecule has 0 aromatic carbocycles. The number of ether oxygens (including phenoxy) is 1. The van der Waals surface area contributed by atoms with Gasteiger partial charge in [-0.1, -0.05) is 6.42 Å². The highest BCUT2D eigenvalue weighted by atomic mass is 16.5. The Morgan fingerprint density at radius 2 is 2.06 bits per heavy atom. The second-order valence-corrected chi connectivity index (χ2v) is 5.41. The number of rotatable bonds is 2. The number of nitrogens with zero attached hydrogens (tertiary/aromatic N) is 1. The fourth-order valence-electron chi connectivity index (χ4n) is 3.42. The summed E-state index contributed by atoms with van der Waals surface area (Å²) >= 11 is 0. The Balaban J connectivity index is 1.47. The number of amides is 1. The molecular formula is C12H20N2O2. The van der Waals surface area contributed by atoms with E-state index in [1.807, 2.05) is 0 Å². The number of hydrogen-bond acceptors (Lipinski definition) is 3. The van der Waals surface area contributed by atoms with E-state index in [9.17, 15) is 4.79 Å². The lowest BCUT2D eigenvalue weighted by atomic mass is 10.0. The first-order valence-corrected chi connectivity index (χ1v) is 6.42. The number of likely N-dealkylation sites (tertiary alicyclic amines) is 1. The molecule has 0 spiro atoms. The third-order valence-electron chi connectivity index (χ3n) is 4.24. The van der Waals surface area contributed by atoms with E-state index >= 15 is 0 Å². The summed E-state index contributed by atoms with van der Waals surface area (Å²) in [5.41, 5.74) is 0. The van der Waals surface area contributed by atoms with E-state index in [2.05, 4.69) is 10.2 Å². The predicted molar refractivity (Wildman–Crippen MR) is 60.0 cm³/mol. The third kappa shape index (κ3) is 2.09. The molecule has 0 radical (unpaired) electrons. The van der Waals surface area contributed by atoms with Crippen molar-refractivity contribution >= 4 is 5.91 Å². The van der Waals surface area contributed by atoms with Crippen molar-refractivity contribution in [2.75, 3.05) is 32.8 Å². The number of nitrogens with one attached hydrogen (secondary N) is 1. The van der Waals surface area contributed by atoms with Crippen LogP contribution in [0.3, 0.4) is 0 Å².